The summed E-state index contributed by atoms with van der Waals surface area (Å²) in [5.74, 6) is -0.153. The molecule has 0 aliphatic heterocycles. The Morgan fingerprint density at radius 1 is 1.03 bits per heavy atom. The summed E-state index contributed by atoms with van der Waals surface area (Å²) < 4.78 is 6.49. The molecule has 2 amide bonds. The van der Waals surface area contributed by atoms with Crippen LogP contribution < -0.4 is 10.6 Å². The van der Waals surface area contributed by atoms with Crippen molar-refractivity contribution in [1.82, 2.24) is 20.1 Å². The van der Waals surface area contributed by atoms with Gasteiger partial charge in [-0.3, -0.25) is 9.59 Å². The standard InChI is InChI=1S/C24H27N5O4S/c1-15(2)20(26-22(31)16-9-6-5-7-10-16)21-27-28-24(29(21)3)34-14-19(30)25-18-12-8-11-17(13-18)23(32)33-4/h5-13,15,20H,14H2,1-4H3,(H,25,30)(H,26,31)/t20-/m0/s1. The number of thioether (sulfide) groups is 1. The van der Waals surface area contributed by atoms with Crippen LogP contribution in [0.25, 0.3) is 0 Å². The summed E-state index contributed by atoms with van der Waals surface area (Å²) >= 11 is 1.23. The van der Waals surface area contributed by atoms with Crippen molar-refractivity contribution in [3.05, 3.63) is 71.5 Å². The molecular weight excluding hydrogens is 454 g/mol. The molecule has 178 valence electrons. The van der Waals surface area contributed by atoms with Crippen LogP contribution in [-0.2, 0) is 16.6 Å². The molecule has 0 radical (unpaired) electrons. The topological polar surface area (TPSA) is 115 Å². The second-order valence-corrected chi connectivity index (χ2v) is 8.81. The quantitative estimate of drug-likeness (QED) is 0.355. The molecule has 1 heterocycles. The van der Waals surface area contributed by atoms with Gasteiger partial charge in [0, 0.05) is 18.3 Å². The van der Waals surface area contributed by atoms with Gasteiger partial charge in [-0.25, -0.2) is 4.79 Å². The number of nitrogens with zero attached hydrogens (tertiary/aromatic N) is 3. The Morgan fingerprint density at radius 2 is 1.74 bits per heavy atom. The van der Waals surface area contributed by atoms with Crippen molar-refractivity contribution in [2.75, 3.05) is 18.2 Å². The monoisotopic (exact) mass is 481 g/mol. The second kappa shape index (κ2) is 11.5. The normalized spacial score (nSPS) is 11.7. The van der Waals surface area contributed by atoms with Crippen molar-refractivity contribution in [2.45, 2.75) is 25.0 Å². The fourth-order valence-electron chi connectivity index (χ4n) is 3.24. The van der Waals surface area contributed by atoms with Gasteiger partial charge in [-0.15, -0.1) is 10.2 Å². The average molecular weight is 482 g/mol. The van der Waals surface area contributed by atoms with Gasteiger partial charge >= 0.3 is 5.97 Å². The Kier molecular flexibility index (Phi) is 8.42. The van der Waals surface area contributed by atoms with Gasteiger partial charge in [-0.2, -0.15) is 0 Å². The number of amides is 2. The highest BCUT2D eigenvalue weighted by Crippen LogP contribution is 2.24. The van der Waals surface area contributed by atoms with Gasteiger partial charge in [-0.1, -0.05) is 49.9 Å². The zero-order valence-electron chi connectivity index (χ0n) is 19.4. The van der Waals surface area contributed by atoms with Crippen LogP contribution in [0, 0.1) is 5.92 Å². The molecule has 0 saturated heterocycles. The van der Waals surface area contributed by atoms with Crippen LogP contribution >= 0.6 is 11.8 Å². The van der Waals surface area contributed by atoms with E-state index in [1.807, 2.05) is 32.0 Å². The number of ether oxygens (including phenoxy) is 1. The largest absolute Gasteiger partial charge is 0.465 e. The first-order valence-electron chi connectivity index (χ1n) is 10.7. The van der Waals surface area contributed by atoms with Crippen LogP contribution in [0.5, 0.6) is 0 Å². The lowest BCUT2D eigenvalue weighted by atomic mass is 10.0. The SMILES string of the molecule is COC(=O)c1cccc(NC(=O)CSc2nnc([C@@H](NC(=O)c3ccccc3)C(C)C)n2C)c1. The van der Waals surface area contributed by atoms with Crippen molar-refractivity contribution in [1.29, 1.82) is 0 Å². The maximum atomic E-state index is 12.7. The first kappa shape index (κ1) is 25.0. The molecule has 0 fully saturated rings. The van der Waals surface area contributed by atoms with E-state index in [1.165, 1.54) is 18.9 Å². The van der Waals surface area contributed by atoms with Gasteiger partial charge in [0.05, 0.1) is 24.5 Å². The molecule has 0 unspecified atom stereocenters. The summed E-state index contributed by atoms with van der Waals surface area (Å²) in [6.45, 7) is 3.99. The fourth-order valence-corrected chi connectivity index (χ4v) is 3.95. The van der Waals surface area contributed by atoms with Crippen molar-refractivity contribution in [2.24, 2.45) is 13.0 Å². The second-order valence-electron chi connectivity index (χ2n) is 7.87. The lowest BCUT2D eigenvalue weighted by Gasteiger charge is -2.21. The van der Waals surface area contributed by atoms with Gasteiger partial charge in [0.1, 0.15) is 0 Å². The van der Waals surface area contributed by atoms with E-state index in [9.17, 15) is 14.4 Å². The number of aromatic nitrogens is 3. The summed E-state index contributed by atoms with van der Waals surface area (Å²) in [5.41, 5.74) is 1.41. The van der Waals surface area contributed by atoms with Crippen LogP contribution in [0.15, 0.2) is 59.8 Å². The molecule has 34 heavy (non-hydrogen) atoms. The Bertz CT molecular complexity index is 1160. The third kappa shape index (κ3) is 6.22. The number of esters is 1. The molecular formula is C24H27N5O4S. The van der Waals surface area contributed by atoms with Crippen molar-refractivity contribution in [3.63, 3.8) is 0 Å². The van der Waals surface area contributed by atoms with Crippen LogP contribution in [0.2, 0.25) is 0 Å². The van der Waals surface area contributed by atoms with Gasteiger partial charge in [0.15, 0.2) is 11.0 Å². The maximum absolute atomic E-state index is 12.7. The number of carbonyl (C=O) groups is 3. The van der Waals surface area contributed by atoms with Crippen molar-refractivity contribution in [3.8, 4) is 0 Å². The van der Waals surface area contributed by atoms with E-state index in [2.05, 4.69) is 20.8 Å². The highest BCUT2D eigenvalue weighted by atomic mass is 32.2. The van der Waals surface area contributed by atoms with Crippen LogP contribution in [-0.4, -0.2) is 45.4 Å². The Hall–Kier alpha value is -3.66. The molecule has 1 atom stereocenters. The van der Waals surface area contributed by atoms with Crippen LogP contribution in [0.3, 0.4) is 0 Å². The zero-order valence-corrected chi connectivity index (χ0v) is 20.3. The average Bonchev–Trinajstić information content (AvgIpc) is 3.20. The number of hydrogen-bond donors (Lipinski definition) is 2. The predicted octanol–water partition coefficient (Wildman–Crippen LogP) is 3.46. The van der Waals surface area contributed by atoms with E-state index in [4.69, 9.17) is 4.74 Å². The number of nitrogens with one attached hydrogen (secondary N) is 2. The molecule has 0 bridgehead atoms. The molecule has 0 saturated carbocycles. The number of hydrogen-bond acceptors (Lipinski definition) is 7. The predicted molar refractivity (Wildman–Crippen MR) is 130 cm³/mol. The highest BCUT2D eigenvalue weighted by Gasteiger charge is 2.25. The molecule has 1 aromatic heterocycles. The summed E-state index contributed by atoms with van der Waals surface area (Å²) in [6, 6.07) is 15.2. The smallest absolute Gasteiger partial charge is 0.337 e. The van der Waals surface area contributed by atoms with Crippen LogP contribution in [0.4, 0.5) is 5.69 Å². The minimum atomic E-state index is -0.476. The van der Waals surface area contributed by atoms with Crippen molar-refractivity contribution < 1.29 is 19.1 Å². The van der Waals surface area contributed by atoms with E-state index in [0.29, 0.717) is 27.8 Å². The Labute approximate surface area is 202 Å². The summed E-state index contributed by atoms with van der Waals surface area (Å²) in [7, 11) is 3.11. The van der Waals surface area contributed by atoms with Gasteiger partial charge in [0.25, 0.3) is 5.91 Å². The van der Waals surface area contributed by atoms with Gasteiger partial charge in [-0.05, 0) is 36.2 Å². The minimum absolute atomic E-state index is 0.0683. The molecule has 0 aliphatic carbocycles. The lowest BCUT2D eigenvalue weighted by Crippen LogP contribution is -2.33. The first-order valence-corrected chi connectivity index (χ1v) is 11.6. The van der Waals surface area contributed by atoms with Gasteiger partial charge in [0.2, 0.25) is 5.91 Å². The van der Waals surface area contributed by atoms with Crippen molar-refractivity contribution >= 4 is 35.2 Å². The fraction of sp³-hybridized carbons (Fsp3) is 0.292. The number of rotatable bonds is 9. The minimum Gasteiger partial charge on any atom is -0.465 e. The maximum Gasteiger partial charge on any atom is 0.337 e. The first-order chi connectivity index (χ1) is 16.3. The van der Waals surface area contributed by atoms with Crippen LogP contribution in [0.1, 0.15) is 46.4 Å². The molecule has 10 heteroatoms. The third-order valence-corrected chi connectivity index (χ3v) is 6.06. The van der Waals surface area contributed by atoms with E-state index in [0.717, 1.165) is 0 Å². The Balaban J connectivity index is 1.64. The number of methoxy groups -OCH3 is 1. The number of anilines is 1. The number of benzene rings is 2. The highest BCUT2D eigenvalue weighted by molar-refractivity contribution is 7.99. The van der Waals surface area contributed by atoms with E-state index >= 15 is 0 Å². The lowest BCUT2D eigenvalue weighted by molar-refractivity contribution is -0.113. The summed E-state index contributed by atoms with van der Waals surface area (Å²) in [5, 5.41) is 14.8. The zero-order chi connectivity index (χ0) is 24.7. The summed E-state index contributed by atoms with van der Waals surface area (Å²) in [4.78, 5) is 36.8. The van der Waals surface area contributed by atoms with Gasteiger partial charge < -0.3 is 19.9 Å². The molecule has 2 aromatic carbocycles. The number of carbonyl (C=O) groups excluding carboxylic acids is 3. The third-order valence-electron chi connectivity index (χ3n) is 5.04. The summed E-state index contributed by atoms with van der Waals surface area (Å²) in [6.07, 6.45) is 0. The van der Waals surface area contributed by atoms with E-state index in [-0.39, 0.29) is 29.5 Å². The Morgan fingerprint density at radius 3 is 2.41 bits per heavy atom. The molecule has 0 aliphatic rings. The molecule has 0 spiro atoms. The van der Waals surface area contributed by atoms with E-state index in [1.54, 1.807) is 48.0 Å². The molecule has 9 nitrogen and oxygen atoms in total. The molecule has 3 aromatic rings. The molecule has 2 N–H and O–H groups in total. The van der Waals surface area contributed by atoms with E-state index < -0.39 is 5.97 Å². The molecule has 3 rings (SSSR count).